The summed E-state index contributed by atoms with van der Waals surface area (Å²) in [4.78, 5) is 14.0. The predicted octanol–water partition coefficient (Wildman–Crippen LogP) is 10.6. The molecule has 1 spiro atoms. The molecule has 0 atom stereocenters. The molecular formula is C44H33N3O. The largest absolute Gasteiger partial charge is 0.457 e. The van der Waals surface area contributed by atoms with E-state index in [0.717, 1.165) is 62.2 Å². The van der Waals surface area contributed by atoms with Crippen molar-refractivity contribution in [3.05, 3.63) is 173 Å². The van der Waals surface area contributed by atoms with Gasteiger partial charge in [-0.1, -0.05) is 72.8 Å². The van der Waals surface area contributed by atoms with Crippen molar-refractivity contribution in [1.82, 2.24) is 15.0 Å². The van der Waals surface area contributed by atoms with Crippen molar-refractivity contribution in [2.24, 2.45) is 0 Å². The number of hydrogen-bond donors (Lipinski definition) is 0. The van der Waals surface area contributed by atoms with Crippen LogP contribution < -0.4 is 4.74 Å². The van der Waals surface area contributed by atoms with Crippen molar-refractivity contribution in [3.8, 4) is 56.1 Å². The van der Waals surface area contributed by atoms with Crippen molar-refractivity contribution in [2.45, 2.75) is 33.1 Å². The van der Waals surface area contributed by atoms with Crippen LogP contribution in [0.1, 0.15) is 45.0 Å². The van der Waals surface area contributed by atoms with Crippen LogP contribution in [-0.2, 0) is 5.41 Å². The minimum atomic E-state index is -0.590. The van der Waals surface area contributed by atoms with E-state index in [2.05, 4.69) is 145 Å². The molecule has 0 fully saturated rings. The van der Waals surface area contributed by atoms with E-state index in [1.165, 1.54) is 38.9 Å². The Morgan fingerprint density at radius 3 is 1.83 bits per heavy atom. The van der Waals surface area contributed by atoms with Gasteiger partial charge in [-0.25, -0.2) is 9.97 Å². The number of aryl methyl sites for hydroxylation is 4. The number of hydrogen-bond acceptors (Lipinski definition) is 4. The summed E-state index contributed by atoms with van der Waals surface area (Å²) < 4.78 is 6.81. The lowest BCUT2D eigenvalue weighted by Crippen LogP contribution is -2.32. The molecule has 2 aromatic heterocycles. The maximum Gasteiger partial charge on any atom is 0.132 e. The van der Waals surface area contributed by atoms with E-state index in [1.54, 1.807) is 0 Å². The Kier molecular flexibility index (Phi) is 6.25. The van der Waals surface area contributed by atoms with Crippen molar-refractivity contribution < 1.29 is 4.74 Å². The third kappa shape index (κ3) is 4.12. The highest BCUT2D eigenvalue weighted by Crippen LogP contribution is 2.62. The number of benzene rings is 5. The van der Waals surface area contributed by atoms with Gasteiger partial charge < -0.3 is 4.74 Å². The second kappa shape index (κ2) is 10.6. The number of ether oxygens (including phenoxy) is 1. The molecule has 0 radical (unpaired) electrons. The van der Waals surface area contributed by atoms with Crippen molar-refractivity contribution in [2.75, 3.05) is 0 Å². The molecule has 0 saturated heterocycles. The summed E-state index contributed by atoms with van der Waals surface area (Å²) >= 11 is 0. The highest BCUT2D eigenvalue weighted by atomic mass is 16.5. The highest BCUT2D eigenvalue weighted by molar-refractivity contribution is 5.90. The number of pyridine rings is 1. The van der Waals surface area contributed by atoms with Gasteiger partial charge in [0.1, 0.15) is 17.3 Å². The fourth-order valence-corrected chi connectivity index (χ4v) is 8.09. The summed E-state index contributed by atoms with van der Waals surface area (Å²) in [5, 5.41) is 0. The van der Waals surface area contributed by atoms with Gasteiger partial charge in [0, 0.05) is 39.8 Å². The van der Waals surface area contributed by atoms with Crippen LogP contribution in [-0.4, -0.2) is 15.0 Å². The first kappa shape index (κ1) is 28.4. The average Bonchev–Trinajstić information content (AvgIpc) is 3.39. The summed E-state index contributed by atoms with van der Waals surface area (Å²) in [7, 11) is 0. The molecule has 0 unspecified atom stereocenters. The van der Waals surface area contributed by atoms with E-state index in [-0.39, 0.29) is 0 Å². The molecule has 1 aliphatic heterocycles. The van der Waals surface area contributed by atoms with Crippen LogP contribution in [0.4, 0.5) is 0 Å². The first-order valence-corrected chi connectivity index (χ1v) is 16.4. The van der Waals surface area contributed by atoms with Gasteiger partial charge in [0.05, 0.1) is 11.1 Å². The van der Waals surface area contributed by atoms with E-state index in [0.29, 0.717) is 0 Å². The van der Waals surface area contributed by atoms with Gasteiger partial charge >= 0.3 is 0 Å². The molecule has 3 heterocycles. The smallest absolute Gasteiger partial charge is 0.132 e. The fraction of sp³-hybridized carbons (Fsp3) is 0.114. The average molecular weight is 620 g/mol. The third-order valence-corrected chi connectivity index (χ3v) is 10.0. The molecule has 230 valence electrons. The van der Waals surface area contributed by atoms with Gasteiger partial charge in [-0.3, -0.25) is 4.98 Å². The molecule has 4 nitrogen and oxygen atoms in total. The highest BCUT2D eigenvalue weighted by Gasteiger charge is 2.51. The molecule has 0 N–H and O–H groups in total. The molecule has 2 aliphatic rings. The number of rotatable bonds is 3. The topological polar surface area (TPSA) is 47.9 Å². The molecule has 0 bridgehead atoms. The first-order valence-electron chi connectivity index (χ1n) is 16.4. The number of aromatic nitrogens is 3. The normalized spacial score (nSPS) is 13.3. The number of nitrogens with zero attached hydrogens (tertiary/aromatic N) is 3. The summed E-state index contributed by atoms with van der Waals surface area (Å²) in [6.07, 6.45) is 1.88. The molecule has 0 saturated carbocycles. The quantitative estimate of drug-likeness (QED) is 0.197. The zero-order chi connectivity index (χ0) is 32.6. The summed E-state index contributed by atoms with van der Waals surface area (Å²) in [5.41, 5.74) is 16.5. The van der Waals surface area contributed by atoms with Crippen molar-refractivity contribution in [1.29, 1.82) is 0 Å². The zero-order valence-corrected chi connectivity index (χ0v) is 27.4. The zero-order valence-electron chi connectivity index (χ0n) is 27.4. The summed E-state index contributed by atoms with van der Waals surface area (Å²) in [6, 6.07) is 43.9. The van der Waals surface area contributed by atoms with E-state index >= 15 is 0 Å². The molecule has 9 rings (SSSR count). The van der Waals surface area contributed by atoms with Crippen LogP contribution >= 0.6 is 0 Å². The van der Waals surface area contributed by atoms with E-state index in [9.17, 15) is 0 Å². The van der Waals surface area contributed by atoms with E-state index in [4.69, 9.17) is 9.72 Å². The van der Waals surface area contributed by atoms with Gasteiger partial charge in [0.25, 0.3) is 0 Å². The summed E-state index contributed by atoms with van der Waals surface area (Å²) in [6.45, 7) is 8.21. The molecule has 0 amide bonds. The Bertz CT molecular complexity index is 2360. The second-order valence-electron chi connectivity index (χ2n) is 13.0. The number of fused-ring (bicyclic) bond motifs is 9. The van der Waals surface area contributed by atoms with E-state index in [1.807, 2.05) is 20.0 Å². The van der Waals surface area contributed by atoms with Crippen LogP contribution in [0.15, 0.2) is 128 Å². The molecular weight excluding hydrogens is 587 g/mol. The maximum atomic E-state index is 6.81. The van der Waals surface area contributed by atoms with Crippen LogP contribution in [0, 0.1) is 27.7 Å². The molecule has 4 heteroatoms. The van der Waals surface area contributed by atoms with Crippen molar-refractivity contribution >= 4 is 0 Å². The van der Waals surface area contributed by atoms with Gasteiger partial charge in [-0.05, 0) is 121 Å². The van der Waals surface area contributed by atoms with Crippen LogP contribution in [0.25, 0.3) is 44.6 Å². The maximum absolute atomic E-state index is 6.81. The van der Waals surface area contributed by atoms with E-state index < -0.39 is 5.41 Å². The lowest BCUT2D eigenvalue weighted by atomic mass is 9.65. The Hall–Kier alpha value is -5.87. The summed E-state index contributed by atoms with van der Waals surface area (Å²) in [5.74, 6) is 2.49. The van der Waals surface area contributed by atoms with Gasteiger partial charge in [-0.2, -0.15) is 0 Å². The standard InChI is InChI=1S/C44H33N3O/c1-26-20-21-45-28(3)43(26)33-11-9-10-30(23-33)31-16-18-41-38(24-31)44(36-14-7-5-12-34(36)35-13-6-8-15-37(35)44)39-25-32(17-19-42(39)48-41)40-22-27(2)46-29(4)47-40/h5-25H,1-4H3. The lowest BCUT2D eigenvalue weighted by molar-refractivity contribution is 0.436. The van der Waals surface area contributed by atoms with Crippen molar-refractivity contribution in [3.63, 3.8) is 0 Å². The van der Waals surface area contributed by atoms with Gasteiger partial charge in [-0.15, -0.1) is 0 Å². The minimum Gasteiger partial charge on any atom is -0.457 e. The van der Waals surface area contributed by atoms with Crippen LogP contribution in [0.5, 0.6) is 11.5 Å². The Morgan fingerprint density at radius 2 is 1.15 bits per heavy atom. The Morgan fingerprint density at radius 1 is 0.521 bits per heavy atom. The van der Waals surface area contributed by atoms with Gasteiger partial charge in [0.2, 0.25) is 0 Å². The second-order valence-corrected chi connectivity index (χ2v) is 13.0. The predicted molar refractivity (Wildman–Crippen MR) is 192 cm³/mol. The SMILES string of the molecule is Cc1cc(-c2ccc3c(c2)C2(c4cc(-c5cccc(-c6c(C)ccnc6C)c5)ccc4O3)c3ccccc3-c3ccccc32)nc(C)n1. The molecule has 5 aromatic carbocycles. The molecule has 7 aromatic rings. The van der Waals surface area contributed by atoms with Crippen LogP contribution in [0.3, 0.4) is 0 Å². The first-order chi connectivity index (χ1) is 23.4. The minimum absolute atomic E-state index is 0.590. The molecule has 48 heavy (non-hydrogen) atoms. The Labute approximate surface area is 280 Å². The monoisotopic (exact) mass is 619 g/mol. The third-order valence-electron chi connectivity index (χ3n) is 10.0. The fourth-order valence-electron chi connectivity index (χ4n) is 8.09. The molecule has 1 aliphatic carbocycles. The Balaban J connectivity index is 1.32. The lowest BCUT2D eigenvalue weighted by Gasteiger charge is -2.40. The van der Waals surface area contributed by atoms with Gasteiger partial charge in [0.15, 0.2) is 0 Å². The van der Waals surface area contributed by atoms with Crippen LogP contribution in [0.2, 0.25) is 0 Å².